The Morgan fingerprint density at radius 1 is 1.04 bits per heavy atom. The molecule has 1 amide bonds. The van der Waals surface area contributed by atoms with Gasteiger partial charge >= 0.3 is 0 Å². The van der Waals surface area contributed by atoms with Crippen LogP contribution in [0.2, 0.25) is 0 Å². The maximum Gasteiger partial charge on any atom is 0.267 e. The number of aliphatic hydroxyl groups is 1. The van der Waals surface area contributed by atoms with Gasteiger partial charge in [0.2, 0.25) is 0 Å². The van der Waals surface area contributed by atoms with Crippen LogP contribution in [-0.2, 0) is 6.54 Å². The fourth-order valence-corrected chi connectivity index (χ4v) is 2.71. The van der Waals surface area contributed by atoms with Crippen LogP contribution in [0.5, 0.6) is 0 Å². The van der Waals surface area contributed by atoms with E-state index in [1.54, 1.807) is 0 Å². The molecule has 0 saturated heterocycles. The summed E-state index contributed by atoms with van der Waals surface area (Å²) in [5.74, 6) is -0.106. The van der Waals surface area contributed by atoms with Gasteiger partial charge < -0.3 is 15.0 Å². The Morgan fingerprint density at radius 3 is 2.57 bits per heavy atom. The summed E-state index contributed by atoms with van der Waals surface area (Å²) in [7, 11) is 0. The first-order valence-corrected chi connectivity index (χ1v) is 7.81. The average Bonchev–Trinajstić information content (AvgIpc) is 2.95. The van der Waals surface area contributed by atoms with Crippen LogP contribution in [0.15, 0.2) is 60.7 Å². The Morgan fingerprint density at radius 2 is 1.78 bits per heavy atom. The van der Waals surface area contributed by atoms with Gasteiger partial charge in [-0.2, -0.15) is 0 Å². The van der Waals surface area contributed by atoms with Gasteiger partial charge in [0.25, 0.3) is 5.91 Å². The number of hydrogen-bond donors (Lipinski definition) is 2. The second kappa shape index (κ2) is 7.11. The van der Waals surface area contributed by atoms with Crippen molar-refractivity contribution in [3.05, 3.63) is 71.9 Å². The molecule has 4 heteroatoms. The number of para-hydroxylation sites is 1. The third-order valence-electron chi connectivity index (χ3n) is 3.85. The standard InChI is InChI=1S/C19H20N2O2/c22-12-6-11-20-19(23)18-13-16-9-4-5-10-17(16)21(18)14-15-7-2-1-3-8-15/h1-5,7-10,13,22H,6,11-12,14H2,(H,20,23). The van der Waals surface area contributed by atoms with E-state index in [-0.39, 0.29) is 12.5 Å². The zero-order chi connectivity index (χ0) is 16.1. The first-order chi connectivity index (χ1) is 11.3. The van der Waals surface area contributed by atoms with Crippen molar-refractivity contribution in [1.82, 2.24) is 9.88 Å². The number of rotatable bonds is 6. The van der Waals surface area contributed by atoms with E-state index < -0.39 is 0 Å². The summed E-state index contributed by atoms with van der Waals surface area (Å²) >= 11 is 0. The van der Waals surface area contributed by atoms with E-state index in [0.29, 0.717) is 25.2 Å². The zero-order valence-corrected chi connectivity index (χ0v) is 12.9. The molecule has 3 aromatic rings. The van der Waals surface area contributed by atoms with Gasteiger partial charge in [-0.25, -0.2) is 0 Å². The summed E-state index contributed by atoms with van der Waals surface area (Å²) < 4.78 is 2.04. The van der Waals surface area contributed by atoms with Crippen molar-refractivity contribution in [1.29, 1.82) is 0 Å². The zero-order valence-electron chi connectivity index (χ0n) is 12.9. The molecule has 0 aliphatic carbocycles. The van der Waals surface area contributed by atoms with Crippen molar-refractivity contribution in [2.24, 2.45) is 0 Å². The number of carbonyl (C=O) groups is 1. The average molecular weight is 308 g/mol. The second-order valence-electron chi connectivity index (χ2n) is 5.49. The maximum atomic E-state index is 12.5. The van der Waals surface area contributed by atoms with Crippen LogP contribution < -0.4 is 5.32 Å². The summed E-state index contributed by atoms with van der Waals surface area (Å²) in [6, 6.07) is 20.0. The van der Waals surface area contributed by atoms with Crippen LogP contribution in [0, 0.1) is 0 Å². The van der Waals surface area contributed by atoms with Crippen molar-refractivity contribution in [3.8, 4) is 0 Å². The molecule has 3 rings (SSSR count). The predicted molar refractivity (Wildman–Crippen MR) is 91.5 cm³/mol. The van der Waals surface area contributed by atoms with Gasteiger partial charge in [-0.05, 0) is 24.1 Å². The van der Waals surface area contributed by atoms with Crippen molar-refractivity contribution >= 4 is 16.8 Å². The molecule has 0 atom stereocenters. The minimum absolute atomic E-state index is 0.0767. The Hall–Kier alpha value is -2.59. The number of nitrogens with one attached hydrogen (secondary N) is 1. The number of aliphatic hydroxyl groups excluding tert-OH is 1. The van der Waals surface area contributed by atoms with Crippen LogP contribution in [-0.4, -0.2) is 28.7 Å². The molecular weight excluding hydrogens is 288 g/mol. The summed E-state index contributed by atoms with van der Waals surface area (Å²) in [5, 5.41) is 12.8. The van der Waals surface area contributed by atoms with Crippen molar-refractivity contribution in [2.75, 3.05) is 13.2 Å². The van der Waals surface area contributed by atoms with Gasteiger partial charge in [-0.1, -0.05) is 48.5 Å². The van der Waals surface area contributed by atoms with Crippen LogP contribution in [0.1, 0.15) is 22.5 Å². The molecule has 0 aliphatic heterocycles. The molecule has 1 heterocycles. The highest BCUT2D eigenvalue weighted by atomic mass is 16.3. The second-order valence-corrected chi connectivity index (χ2v) is 5.49. The van der Waals surface area contributed by atoms with Gasteiger partial charge in [-0.15, -0.1) is 0 Å². The van der Waals surface area contributed by atoms with Crippen LogP contribution in [0.25, 0.3) is 10.9 Å². The fraction of sp³-hybridized carbons (Fsp3) is 0.211. The van der Waals surface area contributed by atoms with E-state index in [2.05, 4.69) is 17.4 Å². The number of amides is 1. The molecule has 2 aromatic carbocycles. The quantitative estimate of drug-likeness (QED) is 0.688. The molecule has 0 bridgehead atoms. The highest BCUT2D eigenvalue weighted by molar-refractivity contribution is 5.98. The normalized spacial score (nSPS) is 10.8. The predicted octanol–water partition coefficient (Wildman–Crippen LogP) is 2.80. The number of carbonyl (C=O) groups excluding carboxylic acids is 1. The highest BCUT2D eigenvalue weighted by Gasteiger charge is 2.15. The molecule has 0 aliphatic rings. The number of aromatic nitrogens is 1. The third kappa shape index (κ3) is 3.43. The smallest absolute Gasteiger partial charge is 0.267 e. The number of benzene rings is 2. The fourth-order valence-electron chi connectivity index (χ4n) is 2.71. The molecule has 1 aromatic heterocycles. The van der Waals surface area contributed by atoms with Crippen LogP contribution in [0.3, 0.4) is 0 Å². The first kappa shape index (κ1) is 15.3. The lowest BCUT2D eigenvalue weighted by molar-refractivity contribution is 0.0943. The SMILES string of the molecule is O=C(NCCCO)c1cc2ccccc2n1Cc1ccccc1. The van der Waals surface area contributed by atoms with Crippen LogP contribution in [0.4, 0.5) is 0 Å². The number of nitrogens with zero attached hydrogens (tertiary/aromatic N) is 1. The molecule has 0 unspecified atom stereocenters. The van der Waals surface area contributed by atoms with Crippen LogP contribution >= 0.6 is 0 Å². The summed E-state index contributed by atoms with van der Waals surface area (Å²) in [5.41, 5.74) is 2.84. The Balaban J connectivity index is 1.96. The lowest BCUT2D eigenvalue weighted by Crippen LogP contribution is -2.27. The van der Waals surface area contributed by atoms with Gasteiger partial charge in [0.05, 0.1) is 0 Å². The largest absolute Gasteiger partial charge is 0.396 e. The lowest BCUT2D eigenvalue weighted by Gasteiger charge is -2.11. The van der Waals surface area contributed by atoms with E-state index in [1.165, 1.54) is 0 Å². The molecule has 118 valence electrons. The van der Waals surface area contributed by atoms with Gasteiger partial charge in [0, 0.05) is 30.6 Å². The third-order valence-corrected chi connectivity index (χ3v) is 3.85. The Kier molecular flexibility index (Phi) is 4.74. The molecule has 23 heavy (non-hydrogen) atoms. The Bertz CT molecular complexity index is 793. The monoisotopic (exact) mass is 308 g/mol. The summed E-state index contributed by atoms with van der Waals surface area (Å²) in [4.78, 5) is 12.5. The van der Waals surface area contributed by atoms with Crippen molar-refractivity contribution < 1.29 is 9.90 Å². The highest BCUT2D eigenvalue weighted by Crippen LogP contribution is 2.21. The molecule has 0 radical (unpaired) electrons. The first-order valence-electron chi connectivity index (χ1n) is 7.81. The van der Waals surface area contributed by atoms with Crippen molar-refractivity contribution in [3.63, 3.8) is 0 Å². The molecule has 4 nitrogen and oxygen atoms in total. The van der Waals surface area contributed by atoms with Gasteiger partial charge in [-0.3, -0.25) is 4.79 Å². The summed E-state index contributed by atoms with van der Waals surface area (Å²) in [6.45, 7) is 1.20. The van der Waals surface area contributed by atoms with E-state index in [9.17, 15) is 4.79 Å². The minimum atomic E-state index is -0.106. The van der Waals surface area contributed by atoms with Gasteiger partial charge in [0.1, 0.15) is 5.69 Å². The summed E-state index contributed by atoms with van der Waals surface area (Å²) in [6.07, 6.45) is 0.560. The molecule has 0 fully saturated rings. The molecule has 0 saturated carbocycles. The lowest BCUT2D eigenvalue weighted by atomic mass is 10.2. The van der Waals surface area contributed by atoms with E-state index in [4.69, 9.17) is 5.11 Å². The van der Waals surface area contributed by atoms with Crippen molar-refractivity contribution in [2.45, 2.75) is 13.0 Å². The minimum Gasteiger partial charge on any atom is -0.396 e. The molecule has 2 N–H and O–H groups in total. The van der Waals surface area contributed by atoms with Gasteiger partial charge in [0.15, 0.2) is 0 Å². The van der Waals surface area contributed by atoms with E-state index >= 15 is 0 Å². The number of fused-ring (bicyclic) bond motifs is 1. The molecule has 0 spiro atoms. The Labute approximate surface area is 135 Å². The van der Waals surface area contributed by atoms with E-state index in [0.717, 1.165) is 16.5 Å². The molecular formula is C19H20N2O2. The topological polar surface area (TPSA) is 54.3 Å². The van der Waals surface area contributed by atoms with E-state index in [1.807, 2.05) is 53.1 Å². The maximum absolute atomic E-state index is 12.5. The number of hydrogen-bond acceptors (Lipinski definition) is 2.